The van der Waals surface area contributed by atoms with Gasteiger partial charge in [0.1, 0.15) is 17.2 Å². The van der Waals surface area contributed by atoms with Gasteiger partial charge < -0.3 is 9.84 Å². The summed E-state index contributed by atoms with van der Waals surface area (Å²) >= 11 is 1.13. The Kier molecular flexibility index (Phi) is 3.99. The number of hydrogen-bond acceptors (Lipinski definition) is 5. The maximum Gasteiger partial charge on any atom is 0.346 e. The van der Waals surface area contributed by atoms with Crippen molar-refractivity contribution in [2.24, 2.45) is 0 Å². The number of rotatable bonds is 5. The fraction of sp³-hybridized carbons (Fsp3) is 0.154. The van der Waals surface area contributed by atoms with Gasteiger partial charge in [-0.3, -0.25) is 10.1 Å². The van der Waals surface area contributed by atoms with Crippen molar-refractivity contribution in [2.45, 2.75) is 13.5 Å². The lowest BCUT2D eigenvalue weighted by Gasteiger charge is -2.08. The van der Waals surface area contributed by atoms with E-state index in [1.807, 2.05) is 0 Å². The number of thiophene rings is 1. The number of ether oxygens (including phenoxy) is 1. The van der Waals surface area contributed by atoms with Crippen LogP contribution in [0.2, 0.25) is 0 Å². The van der Waals surface area contributed by atoms with E-state index in [4.69, 9.17) is 9.84 Å². The zero-order valence-electron chi connectivity index (χ0n) is 10.5. The van der Waals surface area contributed by atoms with Crippen LogP contribution in [0.15, 0.2) is 29.6 Å². The Morgan fingerprint density at radius 2 is 2.20 bits per heavy atom. The summed E-state index contributed by atoms with van der Waals surface area (Å²) in [5.41, 5.74) is 1.21. The third-order valence-electron chi connectivity index (χ3n) is 2.69. The van der Waals surface area contributed by atoms with Crippen molar-refractivity contribution < 1.29 is 19.6 Å². The minimum Gasteiger partial charge on any atom is -0.489 e. The zero-order valence-corrected chi connectivity index (χ0v) is 11.3. The molecule has 1 heterocycles. The fourth-order valence-corrected chi connectivity index (χ4v) is 2.45. The molecule has 0 saturated carbocycles. The number of benzene rings is 1. The number of carbonyl (C=O) groups is 1. The molecule has 0 aliphatic heterocycles. The summed E-state index contributed by atoms with van der Waals surface area (Å²) in [7, 11) is 0. The summed E-state index contributed by atoms with van der Waals surface area (Å²) in [5, 5.41) is 21.3. The van der Waals surface area contributed by atoms with Crippen molar-refractivity contribution in [2.75, 3.05) is 0 Å². The number of carboxylic acid groups (broad SMARTS) is 1. The molecule has 0 radical (unpaired) electrons. The first-order valence-electron chi connectivity index (χ1n) is 5.66. The van der Waals surface area contributed by atoms with E-state index in [1.165, 1.54) is 18.2 Å². The number of nitro benzene ring substituents is 1. The van der Waals surface area contributed by atoms with E-state index in [2.05, 4.69) is 0 Å². The van der Waals surface area contributed by atoms with Crippen LogP contribution in [0, 0.1) is 17.0 Å². The molecule has 0 atom stereocenters. The molecular weight excluding hydrogens is 282 g/mol. The average molecular weight is 293 g/mol. The third-order valence-corrected chi connectivity index (χ3v) is 3.64. The zero-order chi connectivity index (χ0) is 14.7. The van der Waals surface area contributed by atoms with E-state index >= 15 is 0 Å². The standard InChI is InChI=1S/C13H11NO5S/c1-8-6-10(14(17)18)2-3-11(8)19-7-9-4-5-20-12(9)13(15)16/h2-6H,7H2,1H3,(H,15,16). The van der Waals surface area contributed by atoms with Crippen molar-refractivity contribution in [3.63, 3.8) is 0 Å². The molecule has 2 rings (SSSR count). The Morgan fingerprint density at radius 3 is 2.80 bits per heavy atom. The number of carboxylic acids is 1. The molecule has 0 fully saturated rings. The van der Waals surface area contributed by atoms with Gasteiger partial charge in [0, 0.05) is 17.7 Å². The van der Waals surface area contributed by atoms with E-state index in [0.29, 0.717) is 16.9 Å². The Hall–Kier alpha value is -2.41. The van der Waals surface area contributed by atoms with Crippen LogP contribution in [-0.4, -0.2) is 16.0 Å². The van der Waals surface area contributed by atoms with Crippen molar-refractivity contribution in [1.82, 2.24) is 0 Å². The number of aromatic carboxylic acids is 1. The molecule has 7 heteroatoms. The molecule has 1 aromatic heterocycles. The Balaban J connectivity index is 2.13. The lowest BCUT2D eigenvalue weighted by molar-refractivity contribution is -0.384. The lowest BCUT2D eigenvalue weighted by Crippen LogP contribution is -2.02. The summed E-state index contributed by atoms with van der Waals surface area (Å²) in [5.74, 6) is -0.489. The van der Waals surface area contributed by atoms with Crippen LogP contribution in [0.5, 0.6) is 5.75 Å². The minimum absolute atomic E-state index is 0.00314. The Morgan fingerprint density at radius 1 is 1.45 bits per heavy atom. The largest absolute Gasteiger partial charge is 0.489 e. The molecule has 0 unspecified atom stereocenters. The lowest BCUT2D eigenvalue weighted by atomic mass is 10.2. The van der Waals surface area contributed by atoms with Gasteiger partial charge in [-0.05, 0) is 30.0 Å². The molecule has 0 saturated heterocycles. The number of non-ortho nitro benzene ring substituents is 1. The Bertz CT molecular complexity index is 665. The maximum atomic E-state index is 11.0. The molecule has 2 aromatic rings. The topological polar surface area (TPSA) is 89.7 Å². The normalized spacial score (nSPS) is 10.2. The SMILES string of the molecule is Cc1cc([N+](=O)[O-])ccc1OCc1ccsc1C(=O)O. The van der Waals surface area contributed by atoms with Gasteiger partial charge >= 0.3 is 5.97 Å². The van der Waals surface area contributed by atoms with Crippen LogP contribution in [0.3, 0.4) is 0 Å². The molecule has 0 bridgehead atoms. The molecule has 6 nitrogen and oxygen atoms in total. The van der Waals surface area contributed by atoms with Crippen LogP contribution in [0.25, 0.3) is 0 Å². The van der Waals surface area contributed by atoms with Crippen LogP contribution >= 0.6 is 11.3 Å². The van der Waals surface area contributed by atoms with Gasteiger partial charge in [0.2, 0.25) is 0 Å². The molecular formula is C13H11NO5S. The van der Waals surface area contributed by atoms with Crippen molar-refractivity contribution in [3.05, 3.63) is 55.8 Å². The molecule has 0 spiro atoms. The second-order valence-corrected chi connectivity index (χ2v) is 4.99. The van der Waals surface area contributed by atoms with E-state index < -0.39 is 10.9 Å². The summed E-state index contributed by atoms with van der Waals surface area (Å²) in [6, 6.07) is 5.98. The molecule has 0 aliphatic carbocycles. The average Bonchev–Trinajstić information content (AvgIpc) is 2.85. The molecule has 0 amide bonds. The van der Waals surface area contributed by atoms with Gasteiger partial charge in [0.25, 0.3) is 5.69 Å². The van der Waals surface area contributed by atoms with Gasteiger partial charge in [-0.25, -0.2) is 4.79 Å². The number of aryl methyl sites for hydroxylation is 1. The predicted octanol–water partition coefficient (Wildman–Crippen LogP) is 3.24. The summed E-state index contributed by atoms with van der Waals surface area (Å²) in [6.07, 6.45) is 0. The van der Waals surface area contributed by atoms with Gasteiger partial charge in [-0.2, -0.15) is 0 Å². The van der Waals surface area contributed by atoms with Crippen molar-refractivity contribution >= 4 is 23.0 Å². The first kappa shape index (κ1) is 14.0. The maximum absolute atomic E-state index is 11.0. The van der Waals surface area contributed by atoms with Gasteiger partial charge in [0.05, 0.1) is 4.92 Å². The quantitative estimate of drug-likeness (QED) is 0.675. The van der Waals surface area contributed by atoms with E-state index in [9.17, 15) is 14.9 Å². The molecule has 20 heavy (non-hydrogen) atoms. The monoisotopic (exact) mass is 293 g/mol. The molecule has 1 N–H and O–H groups in total. The molecule has 0 aliphatic rings. The summed E-state index contributed by atoms with van der Waals surface area (Å²) in [6.45, 7) is 1.82. The Labute approximate surface area is 118 Å². The summed E-state index contributed by atoms with van der Waals surface area (Å²) in [4.78, 5) is 21.4. The molecule has 104 valence electrons. The number of nitrogens with zero attached hydrogens (tertiary/aromatic N) is 1. The number of hydrogen-bond donors (Lipinski definition) is 1. The number of nitro groups is 1. The van der Waals surface area contributed by atoms with Gasteiger partial charge in [-0.15, -0.1) is 11.3 Å². The minimum atomic E-state index is -0.987. The first-order chi connectivity index (χ1) is 9.49. The summed E-state index contributed by atoms with van der Waals surface area (Å²) < 4.78 is 5.53. The smallest absolute Gasteiger partial charge is 0.346 e. The van der Waals surface area contributed by atoms with E-state index in [-0.39, 0.29) is 17.2 Å². The first-order valence-corrected chi connectivity index (χ1v) is 6.54. The highest BCUT2D eigenvalue weighted by atomic mass is 32.1. The second kappa shape index (κ2) is 5.70. The van der Waals surface area contributed by atoms with Crippen LogP contribution in [0.4, 0.5) is 5.69 Å². The van der Waals surface area contributed by atoms with Gasteiger partial charge in [0.15, 0.2) is 0 Å². The van der Waals surface area contributed by atoms with Crippen LogP contribution in [0.1, 0.15) is 20.8 Å². The second-order valence-electron chi connectivity index (χ2n) is 4.08. The highest BCUT2D eigenvalue weighted by Crippen LogP contribution is 2.25. The highest BCUT2D eigenvalue weighted by Gasteiger charge is 2.13. The van der Waals surface area contributed by atoms with E-state index in [1.54, 1.807) is 18.4 Å². The molecule has 1 aromatic carbocycles. The van der Waals surface area contributed by atoms with E-state index in [0.717, 1.165) is 11.3 Å². The van der Waals surface area contributed by atoms with Crippen LogP contribution < -0.4 is 4.74 Å². The van der Waals surface area contributed by atoms with Crippen molar-refractivity contribution in [1.29, 1.82) is 0 Å². The third kappa shape index (κ3) is 2.94. The van der Waals surface area contributed by atoms with Crippen LogP contribution in [-0.2, 0) is 6.61 Å². The predicted molar refractivity (Wildman–Crippen MR) is 73.4 cm³/mol. The highest BCUT2D eigenvalue weighted by molar-refractivity contribution is 7.12. The fourth-order valence-electron chi connectivity index (χ4n) is 1.70. The van der Waals surface area contributed by atoms with Gasteiger partial charge in [-0.1, -0.05) is 0 Å². The van der Waals surface area contributed by atoms with Crippen molar-refractivity contribution in [3.8, 4) is 5.75 Å².